The molecule has 0 spiro atoms. The van der Waals surface area contributed by atoms with Crippen molar-refractivity contribution in [2.45, 2.75) is 6.42 Å². The number of hydrogen-bond donors (Lipinski definition) is 2. The Kier molecular flexibility index (Phi) is 4.71. The molecule has 21 heavy (non-hydrogen) atoms. The zero-order valence-electron chi connectivity index (χ0n) is 11.6. The van der Waals surface area contributed by atoms with Crippen molar-refractivity contribution in [2.75, 3.05) is 19.4 Å². The second kappa shape index (κ2) is 6.69. The molecule has 0 saturated carbocycles. The van der Waals surface area contributed by atoms with Crippen molar-refractivity contribution in [3.8, 4) is 5.75 Å². The summed E-state index contributed by atoms with van der Waals surface area (Å²) in [4.78, 5) is 15.4. The van der Waals surface area contributed by atoms with Gasteiger partial charge in [0.15, 0.2) is 11.6 Å². The van der Waals surface area contributed by atoms with Crippen LogP contribution in [0.5, 0.6) is 5.75 Å². The summed E-state index contributed by atoms with van der Waals surface area (Å²) in [7, 11) is 1.60. The van der Waals surface area contributed by atoms with Crippen LogP contribution in [0, 0.1) is 5.82 Å². The predicted molar refractivity (Wildman–Crippen MR) is 77.6 cm³/mol. The lowest BCUT2D eigenvalue weighted by Gasteiger charge is -2.07. The molecule has 0 radical (unpaired) electrons. The molecule has 110 valence electrons. The number of carbonyl (C=O) groups excluding carboxylic acids is 1. The Balaban J connectivity index is 1.90. The number of methoxy groups -OCH3 is 1. The van der Waals surface area contributed by atoms with E-state index in [1.54, 1.807) is 7.11 Å². The minimum atomic E-state index is -0.792. The highest BCUT2D eigenvalue weighted by molar-refractivity contribution is 5.95. The molecule has 1 amide bonds. The van der Waals surface area contributed by atoms with Crippen molar-refractivity contribution in [3.05, 3.63) is 53.5 Å². The first-order valence-corrected chi connectivity index (χ1v) is 6.43. The number of carbonyl (C=O) groups is 1. The van der Waals surface area contributed by atoms with Gasteiger partial charge in [0.25, 0.3) is 5.91 Å². The summed E-state index contributed by atoms with van der Waals surface area (Å²) >= 11 is 0. The van der Waals surface area contributed by atoms with Gasteiger partial charge in [-0.25, -0.2) is 9.37 Å². The molecule has 1 heterocycles. The van der Waals surface area contributed by atoms with Gasteiger partial charge in [0.1, 0.15) is 5.75 Å². The average molecular weight is 289 g/mol. The molecule has 2 rings (SSSR count). The number of nitrogens with two attached hydrogens (primary N) is 1. The van der Waals surface area contributed by atoms with Gasteiger partial charge in [0.2, 0.25) is 0 Å². The number of nitrogen functional groups attached to an aromatic ring is 1. The minimum Gasteiger partial charge on any atom is -0.497 e. The largest absolute Gasteiger partial charge is 0.497 e. The van der Waals surface area contributed by atoms with Gasteiger partial charge in [0, 0.05) is 12.7 Å². The normalized spacial score (nSPS) is 10.2. The second-order valence-electron chi connectivity index (χ2n) is 4.41. The van der Waals surface area contributed by atoms with Crippen molar-refractivity contribution in [3.63, 3.8) is 0 Å². The van der Waals surface area contributed by atoms with Gasteiger partial charge < -0.3 is 15.8 Å². The number of halogens is 1. The Morgan fingerprint density at radius 2 is 2.05 bits per heavy atom. The highest BCUT2D eigenvalue weighted by Crippen LogP contribution is 2.12. The van der Waals surface area contributed by atoms with Crippen molar-refractivity contribution in [1.82, 2.24) is 10.3 Å². The van der Waals surface area contributed by atoms with Crippen LogP contribution in [-0.4, -0.2) is 24.5 Å². The van der Waals surface area contributed by atoms with Gasteiger partial charge in [0.05, 0.1) is 12.7 Å². The average Bonchev–Trinajstić information content (AvgIpc) is 2.50. The number of amides is 1. The molecule has 0 fully saturated rings. The monoisotopic (exact) mass is 289 g/mol. The van der Waals surface area contributed by atoms with Crippen LogP contribution in [0.3, 0.4) is 0 Å². The Labute approximate surface area is 121 Å². The number of rotatable bonds is 5. The number of benzene rings is 1. The van der Waals surface area contributed by atoms with Crippen LogP contribution in [0.4, 0.5) is 10.2 Å². The third kappa shape index (κ3) is 3.68. The summed E-state index contributed by atoms with van der Waals surface area (Å²) in [6.45, 7) is 0.396. The maximum absolute atomic E-state index is 13.6. The highest BCUT2D eigenvalue weighted by Gasteiger charge is 2.13. The molecule has 5 nitrogen and oxygen atoms in total. The smallest absolute Gasteiger partial charge is 0.254 e. The first kappa shape index (κ1) is 14.8. The molecule has 3 N–H and O–H groups in total. The molecule has 0 unspecified atom stereocenters. The molecular formula is C15H16FN3O2. The maximum atomic E-state index is 13.6. The third-order valence-corrected chi connectivity index (χ3v) is 3.02. The van der Waals surface area contributed by atoms with E-state index in [1.807, 2.05) is 24.3 Å². The molecule has 0 aliphatic heterocycles. The lowest BCUT2D eigenvalue weighted by molar-refractivity contribution is 0.0950. The molecule has 0 saturated heterocycles. The SMILES string of the molecule is COc1ccc(CCNC(=O)c2ccnc(N)c2F)cc1. The number of aromatic nitrogens is 1. The van der Waals surface area contributed by atoms with E-state index in [4.69, 9.17) is 10.5 Å². The summed E-state index contributed by atoms with van der Waals surface area (Å²) in [5, 5.41) is 2.65. The number of pyridine rings is 1. The highest BCUT2D eigenvalue weighted by atomic mass is 19.1. The summed E-state index contributed by atoms with van der Waals surface area (Å²) in [6, 6.07) is 8.82. The fraction of sp³-hybridized carbons (Fsp3) is 0.200. The van der Waals surface area contributed by atoms with E-state index in [0.717, 1.165) is 11.3 Å². The fourth-order valence-electron chi connectivity index (χ4n) is 1.84. The molecular weight excluding hydrogens is 273 g/mol. The lowest BCUT2D eigenvalue weighted by Crippen LogP contribution is -2.27. The Hall–Kier alpha value is -2.63. The van der Waals surface area contributed by atoms with Gasteiger partial charge in [-0.2, -0.15) is 0 Å². The van der Waals surface area contributed by atoms with Crippen molar-refractivity contribution >= 4 is 11.7 Å². The standard InChI is InChI=1S/C15H16FN3O2/c1-21-11-4-2-10(3-5-11)6-8-19-15(20)12-7-9-18-14(17)13(12)16/h2-5,7,9H,6,8H2,1H3,(H2,17,18)(H,19,20). The molecule has 0 aliphatic rings. The van der Waals surface area contributed by atoms with E-state index < -0.39 is 11.7 Å². The van der Waals surface area contributed by atoms with E-state index in [9.17, 15) is 9.18 Å². The number of ether oxygens (including phenoxy) is 1. The number of nitrogens with zero attached hydrogens (tertiary/aromatic N) is 1. The zero-order chi connectivity index (χ0) is 15.2. The van der Waals surface area contributed by atoms with Crippen LogP contribution in [0.2, 0.25) is 0 Å². The van der Waals surface area contributed by atoms with Crippen LogP contribution in [0.25, 0.3) is 0 Å². The van der Waals surface area contributed by atoms with E-state index in [2.05, 4.69) is 10.3 Å². The van der Waals surface area contributed by atoms with Crippen LogP contribution in [-0.2, 0) is 6.42 Å². The first-order chi connectivity index (χ1) is 10.1. The van der Waals surface area contributed by atoms with Crippen LogP contribution < -0.4 is 15.8 Å². The topological polar surface area (TPSA) is 77.2 Å². The molecule has 1 aromatic carbocycles. The van der Waals surface area contributed by atoms with E-state index >= 15 is 0 Å². The summed E-state index contributed by atoms with van der Waals surface area (Å²) < 4.78 is 18.7. The third-order valence-electron chi connectivity index (χ3n) is 3.02. The van der Waals surface area contributed by atoms with Gasteiger partial charge in [-0.3, -0.25) is 4.79 Å². The summed E-state index contributed by atoms with van der Waals surface area (Å²) in [5.74, 6) is -0.801. The molecule has 0 atom stereocenters. The second-order valence-corrected chi connectivity index (χ2v) is 4.41. The van der Waals surface area contributed by atoms with E-state index in [1.165, 1.54) is 12.3 Å². The summed E-state index contributed by atoms with van der Waals surface area (Å²) in [5.41, 5.74) is 6.27. The molecule has 1 aromatic heterocycles. The molecule has 0 aliphatic carbocycles. The maximum Gasteiger partial charge on any atom is 0.254 e. The van der Waals surface area contributed by atoms with Gasteiger partial charge in [-0.1, -0.05) is 12.1 Å². The predicted octanol–water partition coefficient (Wildman–Crippen LogP) is 1.78. The van der Waals surface area contributed by atoms with Gasteiger partial charge in [-0.15, -0.1) is 0 Å². The van der Waals surface area contributed by atoms with Crippen LogP contribution >= 0.6 is 0 Å². The Morgan fingerprint density at radius 3 is 2.71 bits per heavy atom. The Bertz CT molecular complexity index is 629. The van der Waals surface area contributed by atoms with Crippen LogP contribution in [0.1, 0.15) is 15.9 Å². The van der Waals surface area contributed by atoms with Gasteiger partial charge in [-0.05, 0) is 30.2 Å². The Morgan fingerprint density at radius 1 is 1.33 bits per heavy atom. The number of hydrogen-bond acceptors (Lipinski definition) is 4. The first-order valence-electron chi connectivity index (χ1n) is 6.43. The van der Waals surface area contributed by atoms with Crippen LogP contribution in [0.15, 0.2) is 36.5 Å². The lowest BCUT2D eigenvalue weighted by atomic mass is 10.1. The minimum absolute atomic E-state index is 0.0998. The van der Waals surface area contributed by atoms with E-state index in [-0.39, 0.29) is 11.4 Å². The van der Waals surface area contributed by atoms with Gasteiger partial charge >= 0.3 is 0 Å². The fourth-order valence-corrected chi connectivity index (χ4v) is 1.84. The number of nitrogens with one attached hydrogen (secondary N) is 1. The van der Waals surface area contributed by atoms with Crippen molar-refractivity contribution in [2.24, 2.45) is 0 Å². The quantitative estimate of drug-likeness (QED) is 0.879. The summed E-state index contributed by atoms with van der Waals surface area (Å²) in [6.07, 6.45) is 1.94. The van der Waals surface area contributed by atoms with Crippen molar-refractivity contribution < 1.29 is 13.9 Å². The van der Waals surface area contributed by atoms with Crippen molar-refractivity contribution in [1.29, 1.82) is 0 Å². The van der Waals surface area contributed by atoms with E-state index in [0.29, 0.717) is 13.0 Å². The zero-order valence-corrected chi connectivity index (χ0v) is 11.6. The number of anilines is 1. The molecule has 6 heteroatoms. The molecule has 2 aromatic rings. The molecule has 0 bridgehead atoms.